The molecular formula is C11H18ClNO3S. The molecule has 0 spiro atoms. The van der Waals surface area contributed by atoms with Gasteiger partial charge in [-0.1, -0.05) is 19.8 Å². The second kappa shape index (κ2) is 6.42. The van der Waals surface area contributed by atoms with Gasteiger partial charge in [0, 0.05) is 13.6 Å². The summed E-state index contributed by atoms with van der Waals surface area (Å²) < 4.78 is 30.6. The summed E-state index contributed by atoms with van der Waals surface area (Å²) in [5.74, 6) is 0.641. The molecule has 0 amide bonds. The van der Waals surface area contributed by atoms with E-state index >= 15 is 0 Å². The van der Waals surface area contributed by atoms with E-state index in [0.29, 0.717) is 12.3 Å². The van der Waals surface area contributed by atoms with Crippen LogP contribution in [0.15, 0.2) is 21.6 Å². The average molecular weight is 280 g/mol. The van der Waals surface area contributed by atoms with Crippen molar-refractivity contribution in [2.75, 3.05) is 13.6 Å². The van der Waals surface area contributed by atoms with Crippen LogP contribution in [0.2, 0.25) is 0 Å². The second-order valence-corrected chi connectivity index (χ2v) is 6.13. The van der Waals surface area contributed by atoms with E-state index in [1.807, 2.05) is 0 Å². The van der Waals surface area contributed by atoms with Crippen LogP contribution in [0.4, 0.5) is 0 Å². The average Bonchev–Trinajstić information content (AvgIpc) is 2.78. The first-order chi connectivity index (χ1) is 8.02. The topological polar surface area (TPSA) is 50.5 Å². The highest BCUT2D eigenvalue weighted by molar-refractivity contribution is 7.89. The van der Waals surface area contributed by atoms with Gasteiger partial charge in [0.1, 0.15) is 5.76 Å². The van der Waals surface area contributed by atoms with Gasteiger partial charge in [-0.2, -0.15) is 4.31 Å². The number of hydrogen-bond donors (Lipinski definition) is 0. The minimum atomic E-state index is -3.50. The van der Waals surface area contributed by atoms with Gasteiger partial charge in [-0.25, -0.2) is 8.42 Å². The van der Waals surface area contributed by atoms with Crippen LogP contribution in [0.1, 0.15) is 31.9 Å². The quantitative estimate of drug-likeness (QED) is 0.570. The maximum atomic E-state index is 12.0. The Morgan fingerprint density at radius 1 is 1.35 bits per heavy atom. The summed E-state index contributed by atoms with van der Waals surface area (Å²) in [4.78, 5) is 0. The van der Waals surface area contributed by atoms with Crippen molar-refractivity contribution in [3.05, 3.63) is 17.9 Å². The molecule has 0 bridgehead atoms. The third-order valence-corrected chi connectivity index (χ3v) is 4.50. The highest BCUT2D eigenvalue weighted by atomic mass is 35.5. The van der Waals surface area contributed by atoms with E-state index in [1.54, 1.807) is 13.1 Å². The van der Waals surface area contributed by atoms with E-state index in [9.17, 15) is 8.42 Å². The van der Waals surface area contributed by atoms with Crippen molar-refractivity contribution < 1.29 is 12.8 Å². The molecule has 4 nitrogen and oxygen atoms in total. The molecule has 0 saturated carbocycles. The minimum Gasteiger partial charge on any atom is -0.447 e. The van der Waals surface area contributed by atoms with E-state index in [-0.39, 0.29) is 11.0 Å². The molecule has 6 heteroatoms. The van der Waals surface area contributed by atoms with Crippen molar-refractivity contribution in [2.45, 2.75) is 37.2 Å². The predicted octanol–water partition coefficient (Wildman–Crippen LogP) is 2.83. The van der Waals surface area contributed by atoms with Gasteiger partial charge < -0.3 is 4.42 Å². The standard InChI is InChI=1S/C11H18ClNO3S/c1-3-4-5-8-13(2)17(14,15)11-7-6-10(9-12)16-11/h6-7H,3-5,8-9H2,1-2H3. The number of halogens is 1. The van der Waals surface area contributed by atoms with Gasteiger partial charge in [0.2, 0.25) is 5.09 Å². The number of nitrogens with zero attached hydrogens (tertiary/aromatic N) is 1. The summed E-state index contributed by atoms with van der Waals surface area (Å²) in [5.41, 5.74) is 0. The van der Waals surface area contributed by atoms with Gasteiger partial charge in [0.05, 0.1) is 5.88 Å². The van der Waals surface area contributed by atoms with Crippen molar-refractivity contribution in [1.82, 2.24) is 4.31 Å². The maximum Gasteiger partial charge on any atom is 0.276 e. The lowest BCUT2D eigenvalue weighted by molar-refractivity contribution is 0.391. The number of rotatable bonds is 7. The zero-order valence-electron chi connectivity index (χ0n) is 10.1. The Hall–Kier alpha value is -0.520. The van der Waals surface area contributed by atoms with E-state index in [1.165, 1.54) is 10.4 Å². The maximum absolute atomic E-state index is 12.0. The first kappa shape index (κ1) is 14.5. The zero-order chi connectivity index (χ0) is 12.9. The van der Waals surface area contributed by atoms with Gasteiger partial charge in [-0.15, -0.1) is 11.6 Å². The Morgan fingerprint density at radius 3 is 2.59 bits per heavy atom. The molecule has 0 atom stereocenters. The molecular weight excluding hydrogens is 262 g/mol. The molecule has 0 unspecified atom stereocenters. The van der Waals surface area contributed by atoms with Crippen LogP contribution in [-0.2, 0) is 15.9 Å². The third kappa shape index (κ3) is 3.72. The number of hydrogen-bond acceptors (Lipinski definition) is 3. The highest BCUT2D eigenvalue weighted by Crippen LogP contribution is 2.19. The molecule has 17 heavy (non-hydrogen) atoms. The molecule has 1 rings (SSSR count). The lowest BCUT2D eigenvalue weighted by Crippen LogP contribution is -2.27. The van der Waals surface area contributed by atoms with Crippen molar-refractivity contribution in [1.29, 1.82) is 0 Å². The number of furan rings is 1. The summed E-state index contributed by atoms with van der Waals surface area (Å²) in [5, 5.41) is -0.0350. The Bertz CT molecular complexity index is 441. The molecule has 0 aliphatic rings. The SMILES string of the molecule is CCCCCN(C)S(=O)(=O)c1ccc(CCl)o1. The molecule has 0 saturated heterocycles. The molecule has 0 fully saturated rings. The first-order valence-electron chi connectivity index (χ1n) is 5.63. The fourth-order valence-electron chi connectivity index (χ4n) is 1.43. The fourth-order valence-corrected chi connectivity index (χ4v) is 2.70. The number of alkyl halides is 1. The van der Waals surface area contributed by atoms with Crippen molar-refractivity contribution in [3.63, 3.8) is 0 Å². The van der Waals surface area contributed by atoms with Gasteiger partial charge in [0.25, 0.3) is 10.0 Å². The van der Waals surface area contributed by atoms with Gasteiger partial charge in [-0.3, -0.25) is 0 Å². The molecule has 0 aromatic carbocycles. The Morgan fingerprint density at radius 2 is 2.06 bits per heavy atom. The second-order valence-electron chi connectivity index (χ2n) is 3.89. The van der Waals surface area contributed by atoms with Crippen LogP contribution in [0, 0.1) is 0 Å². The lowest BCUT2D eigenvalue weighted by Gasteiger charge is -2.14. The van der Waals surface area contributed by atoms with E-state index in [0.717, 1.165) is 19.3 Å². The van der Waals surface area contributed by atoms with Crippen LogP contribution in [0.25, 0.3) is 0 Å². The zero-order valence-corrected chi connectivity index (χ0v) is 11.7. The summed E-state index contributed by atoms with van der Waals surface area (Å²) in [6.45, 7) is 2.58. The van der Waals surface area contributed by atoms with Crippen LogP contribution in [-0.4, -0.2) is 26.3 Å². The largest absolute Gasteiger partial charge is 0.447 e. The van der Waals surface area contributed by atoms with E-state index in [4.69, 9.17) is 16.0 Å². The van der Waals surface area contributed by atoms with E-state index < -0.39 is 10.0 Å². The molecule has 0 aliphatic heterocycles. The summed E-state index contributed by atoms with van der Waals surface area (Å²) in [7, 11) is -1.94. The summed E-state index contributed by atoms with van der Waals surface area (Å²) in [6.07, 6.45) is 2.94. The Kier molecular flexibility index (Phi) is 5.49. The molecule has 1 aromatic rings. The predicted molar refractivity (Wildman–Crippen MR) is 67.6 cm³/mol. The Balaban J connectivity index is 2.73. The number of sulfonamides is 1. The van der Waals surface area contributed by atoms with Crippen LogP contribution < -0.4 is 0 Å². The normalized spacial score (nSPS) is 12.2. The van der Waals surface area contributed by atoms with Crippen LogP contribution in [0.3, 0.4) is 0 Å². The molecule has 1 heterocycles. The molecule has 0 N–H and O–H groups in total. The van der Waals surface area contributed by atoms with Crippen molar-refractivity contribution in [3.8, 4) is 0 Å². The molecule has 0 aliphatic carbocycles. The smallest absolute Gasteiger partial charge is 0.276 e. The van der Waals surface area contributed by atoms with Crippen LogP contribution >= 0.6 is 11.6 Å². The molecule has 1 aromatic heterocycles. The van der Waals surface area contributed by atoms with Gasteiger partial charge in [0.15, 0.2) is 0 Å². The van der Waals surface area contributed by atoms with Crippen molar-refractivity contribution >= 4 is 21.6 Å². The summed E-state index contributed by atoms with van der Waals surface area (Å²) >= 11 is 5.57. The van der Waals surface area contributed by atoms with Crippen LogP contribution in [0.5, 0.6) is 0 Å². The van der Waals surface area contributed by atoms with Gasteiger partial charge in [-0.05, 0) is 18.6 Å². The van der Waals surface area contributed by atoms with Crippen molar-refractivity contribution in [2.24, 2.45) is 0 Å². The molecule has 98 valence electrons. The lowest BCUT2D eigenvalue weighted by atomic mass is 10.2. The molecule has 0 radical (unpaired) electrons. The van der Waals surface area contributed by atoms with Gasteiger partial charge >= 0.3 is 0 Å². The monoisotopic (exact) mass is 279 g/mol. The fraction of sp³-hybridized carbons (Fsp3) is 0.636. The minimum absolute atomic E-state index is 0.0350. The third-order valence-electron chi connectivity index (χ3n) is 2.51. The number of unbranched alkanes of at least 4 members (excludes halogenated alkanes) is 2. The Labute approximate surface area is 108 Å². The highest BCUT2D eigenvalue weighted by Gasteiger charge is 2.23. The van der Waals surface area contributed by atoms with E-state index in [2.05, 4.69) is 6.92 Å². The first-order valence-corrected chi connectivity index (χ1v) is 7.60. The summed E-state index contributed by atoms with van der Waals surface area (Å²) in [6, 6.07) is 3.03.